The second-order valence-electron chi connectivity index (χ2n) is 4.76. The molecular weight excluding hydrogens is 334 g/mol. The van der Waals surface area contributed by atoms with Crippen LogP contribution in [0.4, 0.5) is 5.82 Å². The Hall–Kier alpha value is -2.15. The normalized spacial score (nSPS) is 11.1. The second-order valence-corrected chi connectivity index (χ2v) is 5.68. The van der Waals surface area contributed by atoms with Gasteiger partial charge in [-0.25, -0.2) is 4.98 Å². The van der Waals surface area contributed by atoms with Gasteiger partial charge in [-0.1, -0.05) is 15.9 Å². The van der Waals surface area contributed by atoms with Crippen LogP contribution >= 0.6 is 15.9 Å². The van der Waals surface area contributed by atoms with Crippen LogP contribution in [0, 0.1) is 0 Å². The number of benzene rings is 1. The summed E-state index contributed by atoms with van der Waals surface area (Å²) in [5.74, 6) is 0.504. The van der Waals surface area contributed by atoms with Crippen LogP contribution in [0.5, 0.6) is 0 Å². The van der Waals surface area contributed by atoms with Gasteiger partial charge >= 0.3 is 0 Å². The highest BCUT2D eigenvalue weighted by Crippen LogP contribution is 2.14. The number of nitrogen functional groups attached to an aromatic ring is 1. The fraction of sp³-hybridized carbons (Fsp3) is 0.214. The summed E-state index contributed by atoms with van der Waals surface area (Å²) in [6.07, 6.45) is 4.20. The lowest BCUT2D eigenvalue weighted by molar-refractivity contribution is 0.519. The van der Waals surface area contributed by atoms with Crippen LogP contribution in [0.1, 0.15) is 6.42 Å². The van der Waals surface area contributed by atoms with Gasteiger partial charge in [-0.2, -0.15) is 5.10 Å². The van der Waals surface area contributed by atoms with Gasteiger partial charge in [0.25, 0.3) is 5.56 Å². The van der Waals surface area contributed by atoms with Crippen LogP contribution < -0.4 is 11.3 Å². The van der Waals surface area contributed by atoms with Gasteiger partial charge in [0.15, 0.2) is 0 Å². The Morgan fingerprint density at radius 2 is 2.10 bits per heavy atom. The highest BCUT2D eigenvalue weighted by atomic mass is 79.9. The molecule has 0 aliphatic carbocycles. The molecule has 1 aromatic carbocycles. The fourth-order valence-electron chi connectivity index (χ4n) is 2.20. The molecule has 0 fully saturated rings. The van der Waals surface area contributed by atoms with Crippen molar-refractivity contribution in [2.75, 3.05) is 5.73 Å². The molecule has 0 saturated carbocycles. The number of rotatable bonds is 4. The van der Waals surface area contributed by atoms with Crippen molar-refractivity contribution in [1.82, 2.24) is 19.3 Å². The largest absolute Gasteiger partial charge is 0.382 e. The first-order valence-electron chi connectivity index (χ1n) is 6.57. The van der Waals surface area contributed by atoms with Crippen LogP contribution in [0.2, 0.25) is 0 Å². The van der Waals surface area contributed by atoms with Crippen molar-refractivity contribution in [3.05, 3.63) is 51.6 Å². The van der Waals surface area contributed by atoms with Crippen LogP contribution in [0.3, 0.4) is 0 Å². The molecule has 108 valence electrons. The van der Waals surface area contributed by atoms with E-state index in [4.69, 9.17) is 5.73 Å². The number of anilines is 1. The standard InChI is InChI=1S/C14H14BrN5O/c15-10-2-3-12-11(8-10)14(21)19(9-17-12)5-1-6-20-7-4-13(16)18-20/h2-4,7-9H,1,5-6H2,(H2,16,18). The first kappa shape index (κ1) is 13.8. The molecule has 6 nitrogen and oxygen atoms in total. The highest BCUT2D eigenvalue weighted by Gasteiger charge is 2.05. The minimum Gasteiger partial charge on any atom is -0.382 e. The Labute approximate surface area is 129 Å². The number of fused-ring (bicyclic) bond motifs is 1. The van der Waals surface area contributed by atoms with Gasteiger partial charge in [0.2, 0.25) is 0 Å². The summed E-state index contributed by atoms with van der Waals surface area (Å²) < 4.78 is 4.27. The number of hydrogen-bond acceptors (Lipinski definition) is 4. The molecule has 0 radical (unpaired) electrons. The van der Waals surface area contributed by atoms with Crippen molar-refractivity contribution in [3.8, 4) is 0 Å². The number of aromatic nitrogens is 4. The van der Waals surface area contributed by atoms with E-state index in [1.165, 1.54) is 0 Å². The maximum atomic E-state index is 12.4. The monoisotopic (exact) mass is 347 g/mol. The molecule has 2 N–H and O–H groups in total. The summed E-state index contributed by atoms with van der Waals surface area (Å²) in [5.41, 5.74) is 6.24. The number of aryl methyl sites for hydroxylation is 2. The second kappa shape index (κ2) is 5.69. The third kappa shape index (κ3) is 2.97. The third-order valence-corrected chi connectivity index (χ3v) is 3.73. The Morgan fingerprint density at radius 3 is 2.86 bits per heavy atom. The zero-order valence-corrected chi connectivity index (χ0v) is 12.8. The van der Waals surface area contributed by atoms with Crippen molar-refractivity contribution in [2.45, 2.75) is 19.5 Å². The van der Waals surface area contributed by atoms with E-state index in [1.807, 2.05) is 18.3 Å². The van der Waals surface area contributed by atoms with Crippen LogP contribution in [0.25, 0.3) is 10.9 Å². The zero-order chi connectivity index (χ0) is 14.8. The van der Waals surface area contributed by atoms with E-state index in [0.717, 1.165) is 10.9 Å². The molecule has 2 aromatic heterocycles. The van der Waals surface area contributed by atoms with Gasteiger partial charge < -0.3 is 5.73 Å². The molecular formula is C14H14BrN5O. The Kier molecular flexibility index (Phi) is 3.74. The van der Waals surface area contributed by atoms with Gasteiger partial charge in [0, 0.05) is 23.8 Å². The van der Waals surface area contributed by atoms with E-state index in [9.17, 15) is 4.79 Å². The Morgan fingerprint density at radius 1 is 1.24 bits per heavy atom. The lowest BCUT2D eigenvalue weighted by Gasteiger charge is -2.07. The summed E-state index contributed by atoms with van der Waals surface area (Å²) in [7, 11) is 0. The predicted molar refractivity (Wildman–Crippen MR) is 85.0 cm³/mol. The van der Waals surface area contributed by atoms with E-state index in [1.54, 1.807) is 27.7 Å². The molecule has 0 amide bonds. The first-order valence-corrected chi connectivity index (χ1v) is 7.36. The predicted octanol–water partition coefficient (Wildman–Crippen LogP) is 2.03. The lowest BCUT2D eigenvalue weighted by atomic mass is 10.2. The molecule has 2 heterocycles. The molecule has 21 heavy (non-hydrogen) atoms. The van der Waals surface area contributed by atoms with E-state index < -0.39 is 0 Å². The molecule has 0 bridgehead atoms. The molecule has 0 aliphatic heterocycles. The van der Waals surface area contributed by atoms with Crippen molar-refractivity contribution in [3.63, 3.8) is 0 Å². The molecule has 0 unspecified atom stereocenters. The summed E-state index contributed by atoms with van der Waals surface area (Å²) in [6, 6.07) is 7.26. The SMILES string of the molecule is Nc1ccn(CCCn2cnc3ccc(Br)cc3c2=O)n1. The minimum absolute atomic E-state index is 0.0266. The first-order chi connectivity index (χ1) is 10.1. The molecule has 7 heteroatoms. The van der Waals surface area contributed by atoms with E-state index >= 15 is 0 Å². The number of nitrogens with two attached hydrogens (primary N) is 1. The average molecular weight is 348 g/mol. The van der Waals surface area contributed by atoms with E-state index in [-0.39, 0.29) is 5.56 Å². The maximum Gasteiger partial charge on any atom is 0.261 e. The van der Waals surface area contributed by atoms with Crippen LogP contribution in [0.15, 0.2) is 46.1 Å². The quantitative estimate of drug-likeness (QED) is 0.783. The fourth-order valence-corrected chi connectivity index (χ4v) is 2.56. The molecule has 3 aromatic rings. The van der Waals surface area contributed by atoms with Gasteiger partial charge in [-0.05, 0) is 30.7 Å². The molecule has 0 aliphatic rings. The Balaban J connectivity index is 1.78. The maximum absolute atomic E-state index is 12.4. The molecule has 0 atom stereocenters. The lowest BCUT2D eigenvalue weighted by Crippen LogP contribution is -2.21. The molecule has 3 rings (SSSR count). The van der Waals surface area contributed by atoms with Gasteiger partial charge in [0.1, 0.15) is 5.82 Å². The van der Waals surface area contributed by atoms with Crippen LogP contribution in [-0.2, 0) is 13.1 Å². The van der Waals surface area contributed by atoms with Crippen molar-refractivity contribution in [1.29, 1.82) is 0 Å². The number of hydrogen-bond donors (Lipinski definition) is 1. The third-order valence-electron chi connectivity index (χ3n) is 3.23. The smallest absolute Gasteiger partial charge is 0.261 e. The summed E-state index contributed by atoms with van der Waals surface area (Å²) in [6.45, 7) is 1.30. The highest BCUT2D eigenvalue weighted by molar-refractivity contribution is 9.10. The van der Waals surface area contributed by atoms with Crippen molar-refractivity contribution in [2.24, 2.45) is 0 Å². The van der Waals surface area contributed by atoms with Crippen molar-refractivity contribution < 1.29 is 0 Å². The molecule has 0 saturated heterocycles. The van der Waals surface area contributed by atoms with Crippen molar-refractivity contribution >= 4 is 32.7 Å². The topological polar surface area (TPSA) is 78.7 Å². The van der Waals surface area contributed by atoms with Gasteiger partial charge in [0.05, 0.1) is 17.2 Å². The summed E-state index contributed by atoms with van der Waals surface area (Å²) >= 11 is 3.38. The number of nitrogens with zero attached hydrogens (tertiary/aromatic N) is 4. The molecule has 0 spiro atoms. The summed E-state index contributed by atoms with van der Waals surface area (Å²) in [5, 5.41) is 4.73. The zero-order valence-electron chi connectivity index (χ0n) is 11.2. The average Bonchev–Trinajstić information content (AvgIpc) is 2.88. The van der Waals surface area contributed by atoms with E-state index in [2.05, 4.69) is 26.0 Å². The Bertz CT molecular complexity index is 839. The van der Waals surface area contributed by atoms with Gasteiger partial charge in [-0.15, -0.1) is 0 Å². The number of halogens is 1. The minimum atomic E-state index is -0.0266. The summed E-state index contributed by atoms with van der Waals surface area (Å²) in [4.78, 5) is 16.7. The van der Waals surface area contributed by atoms with Crippen LogP contribution in [-0.4, -0.2) is 19.3 Å². The van der Waals surface area contributed by atoms with Gasteiger partial charge in [-0.3, -0.25) is 14.0 Å². The van der Waals surface area contributed by atoms with E-state index in [0.29, 0.717) is 29.8 Å².